The van der Waals surface area contributed by atoms with Gasteiger partial charge in [-0.25, -0.2) is 0 Å². The van der Waals surface area contributed by atoms with E-state index in [0.717, 1.165) is 17.0 Å². The van der Waals surface area contributed by atoms with Crippen molar-refractivity contribution in [3.8, 4) is 17.0 Å². The first kappa shape index (κ1) is 17.0. The maximum atomic E-state index is 12.8. The maximum absolute atomic E-state index is 12.8. The lowest BCUT2D eigenvalue weighted by Gasteiger charge is -2.30. The number of hydrogen-bond acceptors (Lipinski definition) is 4. The molecule has 0 atom stereocenters. The fraction of sp³-hybridized carbons (Fsp3) is 0.389. The van der Waals surface area contributed by atoms with E-state index in [-0.39, 0.29) is 17.7 Å². The third-order valence-electron chi connectivity index (χ3n) is 4.65. The van der Waals surface area contributed by atoms with E-state index in [1.165, 1.54) is 0 Å². The van der Waals surface area contributed by atoms with Crippen molar-refractivity contribution < 1.29 is 14.3 Å². The molecule has 2 aromatic rings. The molecule has 0 bridgehead atoms. The van der Waals surface area contributed by atoms with Crippen LogP contribution in [-0.4, -0.2) is 46.7 Å². The molecule has 1 fully saturated rings. The van der Waals surface area contributed by atoms with E-state index in [1.807, 2.05) is 24.3 Å². The molecular weight excluding hydrogens is 320 g/mol. The van der Waals surface area contributed by atoms with Gasteiger partial charge in [-0.15, -0.1) is 0 Å². The van der Waals surface area contributed by atoms with Crippen LogP contribution in [0.3, 0.4) is 0 Å². The molecule has 2 amide bonds. The van der Waals surface area contributed by atoms with Crippen molar-refractivity contribution in [1.29, 1.82) is 0 Å². The standard InChI is InChI=1S/C18H22N4O3/c1-21-16(18(24)22-8-6-12(7-9-22)17(19)23)11-15(20-21)13-4-3-5-14(10-13)25-2/h3-5,10-12H,6-9H2,1-2H3,(H2,19,23). The van der Waals surface area contributed by atoms with Gasteiger partial charge < -0.3 is 15.4 Å². The van der Waals surface area contributed by atoms with Crippen LogP contribution in [0.15, 0.2) is 30.3 Å². The van der Waals surface area contributed by atoms with Crippen molar-refractivity contribution in [2.45, 2.75) is 12.8 Å². The number of amides is 2. The highest BCUT2D eigenvalue weighted by atomic mass is 16.5. The number of methoxy groups -OCH3 is 1. The highest BCUT2D eigenvalue weighted by molar-refractivity contribution is 5.94. The van der Waals surface area contributed by atoms with Crippen LogP contribution >= 0.6 is 0 Å². The number of nitrogens with two attached hydrogens (primary N) is 1. The minimum Gasteiger partial charge on any atom is -0.497 e. The van der Waals surface area contributed by atoms with Crippen LogP contribution in [0.4, 0.5) is 0 Å². The Hall–Kier alpha value is -2.83. The number of aromatic nitrogens is 2. The van der Waals surface area contributed by atoms with Crippen LogP contribution < -0.4 is 10.5 Å². The molecule has 0 unspecified atom stereocenters. The smallest absolute Gasteiger partial charge is 0.272 e. The molecule has 132 valence electrons. The van der Waals surface area contributed by atoms with Gasteiger partial charge in [0.05, 0.1) is 12.8 Å². The van der Waals surface area contributed by atoms with Gasteiger partial charge in [-0.05, 0) is 31.0 Å². The molecule has 2 N–H and O–H groups in total. The van der Waals surface area contributed by atoms with E-state index in [2.05, 4.69) is 5.10 Å². The number of ether oxygens (including phenoxy) is 1. The molecule has 1 aliphatic heterocycles. The Labute approximate surface area is 146 Å². The van der Waals surface area contributed by atoms with Gasteiger partial charge in [0.25, 0.3) is 5.91 Å². The quantitative estimate of drug-likeness (QED) is 0.910. The van der Waals surface area contributed by atoms with E-state index in [4.69, 9.17) is 10.5 Å². The zero-order chi connectivity index (χ0) is 18.0. The lowest BCUT2D eigenvalue weighted by Crippen LogP contribution is -2.42. The minimum absolute atomic E-state index is 0.0768. The highest BCUT2D eigenvalue weighted by Gasteiger charge is 2.28. The summed E-state index contributed by atoms with van der Waals surface area (Å²) in [5, 5.41) is 4.45. The first-order valence-electron chi connectivity index (χ1n) is 8.26. The second-order valence-electron chi connectivity index (χ2n) is 6.24. The van der Waals surface area contributed by atoms with E-state index in [1.54, 1.807) is 29.8 Å². The van der Waals surface area contributed by atoms with Crippen molar-refractivity contribution >= 4 is 11.8 Å². The SMILES string of the molecule is COc1cccc(-c2cc(C(=O)N3CCC(C(N)=O)CC3)n(C)n2)c1. The summed E-state index contributed by atoms with van der Waals surface area (Å²) in [6, 6.07) is 9.35. The number of rotatable bonds is 4. The van der Waals surface area contributed by atoms with E-state index >= 15 is 0 Å². The molecule has 1 aliphatic rings. The van der Waals surface area contributed by atoms with Crippen molar-refractivity contribution in [2.24, 2.45) is 18.7 Å². The summed E-state index contributed by atoms with van der Waals surface area (Å²) in [4.78, 5) is 25.8. The Kier molecular flexibility index (Phi) is 4.74. The van der Waals surface area contributed by atoms with Gasteiger partial charge in [-0.2, -0.15) is 5.10 Å². The summed E-state index contributed by atoms with van der Waals surface area (Å²) >= 11 is 0. The third kappa shape index (κ3) is 3.50. The minimum atomic E-state index is -0.284. The molecule has 0 aliphatic carbocycles. The predicted molar refractivity (Wildman–Crippen MR) is 93.0 cm³/mol. The molecule has 1 aromatic heterocycles. The van der Waals surface area contributed by atoms with E-state index in [0.29, 0.717) is 31.6 Å². The summed E-state index contributed by atoms with van der Waals surface area (Å²) in [6.45, 7) is 1.07. The zero-order valence-corrected chi connectivity index (χ0v) is 14.4. The lowest BCUT2D eigenvalue weighted by molar-refractivity contribution is -0.123. The second kappa shape index (κ2) is 6.96. The largest absolute Gasteiger partial charge is 0.497 e. The summed E-state index contributed by atoms with van der Waals surface area (Å²) in [6.07, 6.45) is 1.23. The number of nitrogens with zero attached hydrogens (tertiary/aromatic N) is 3. The van der Waals surface area contributed by atoms with Crippen molar-refractivity contribution in [3.05, 3.63) is 36.0 Å². The molecule has 0 spiro atoms. The fourth-order valence-corrected chi connectivity index (χ4v) is 3.12. The Morgan fingerprint density at radius 3 is 2.60 bits per heavy atom. The van der Waals surface area contributed by atoms with Gasteiger partial charge in [0.15, 0.2) is 0 Å². The monoisotopic (exact) mass is 342 g/mol. The van der Waals surface area contributed by atoms with Gasteiger partial charge in [-0.1, -0.05) is 12.1 Å². The van der Waals surface area contributed by atoms with Crippen LogP contribution in [0.5, 0.6) is 5.75 Å². The number of benzene rings is 1. The molecule has 1 aromatic carbocycles. The molecule has 1 saturated heterocycles. The lowest BCUT2D eigenvalue weighted by atomic mass is 9.96. The van der Waals surface area contributed by atoms with E-state index in [9.17, 15) is 9.59 Å². The summed E-state index contributed by atoms with van der Waals surface area (Å²) in [7, 11) is 3.37. The predicted octanol–water partition coefficient (Wildman–Crippen LogP) is 1.43. The average molecular weight is 342 g/mol. The number of likely N-dealkylation sites (tertiary alicyclic amines) is 1. The molecule has 7 heteroatoms. The van der Waals surface area contributed by atoms with Crippen LogP contribution in [0, 0.1) is 5.92 Å². The molecular formula is C18H22N4O3. The van der Waals surface area contributed by atoms with Crippen molar-refractivity contribution in [1.82, 2.24) is 14.7 Å². The Balaban J connectivity index is 1.78. The van der Waals surface area contributed by atoms with Crippen LogP contribution in [0.2, 0.25) is 0 Å². The number of hydrogen-bond donors (Lipinski definition) is 1. The number of primary amides is 1. The van der Waals surface area contributed by atoms with Gasteiger partial charge in [0.1, 0.15) is 11.4 Å². The molecule has 3 rings (SSSR count). The first-order valence-corrected chi connectivity index (χ1v) is 8.26. The fourth-order valence-electron chi connectivity index (χ4n) is 3.12. The molecule has 2 heterocycles. The Morgan fingerprint density at radius 2 is 1.96 bits per heavy atom. The number of aryl methyl sites for hydroxylation is 1. The van der Waals surface area contributed by atoms with Crippen LogP contribution in [0.1, 0.15) is 23.3 Å². The Bertz CT molecular complexity index is 791. The van der Waals surface area contributed by atoms with Gasteiger partial charge in [0.2, 0.25) is 5.91 Å². The average Bonchev–Trinajstić information content (AvgIpc) is 3.03. The van der Waals surface area contributed by atoms with Crippen LogP contribution in [0.25, 0.3) is 11.3 Å². The van der Waals surface area contributed by atoms with Gasteiger partial charge >= 0.3 is 0 Å². The zero-order valence-electron chi connectivity index (χ0n) is 14.4. The van der Waals surface area contributed by atoms with Gasteiger partial charge in [0, 0.05) is 31.6 Å². The highest BCUT2D eigenvalue weighted by Crippen LogP contribution is 2.25. The summed E-state index contributed by atoms with van der Waals surface area (Å²) < 4.78 is 6.83. The number of piperidine rings is 1. The normalized spacial score (nSPS) is 15.2. The molecule has 0 saturated carbocycles. The first-order chi connectivity index (χ1) is 12.0. The summed E-state index contributed by atoms with van der Waals surface area (Å²) in [5.41, 5.74) is 7.48. The molecule has 7 nitrogen and oxygen atoms in total. The van der Waals surface area contributed by atoms with Crippen molar-refractivity contribution in [3.63, 3.8) is 0 Å². The molecule has 25 heavy (non-hydrogen) atoms. The number of carbonyl (C=O) groups excluding carboxylic acids is 2. The summed E-state index contributed by atoms with van der Waals surface area (Å²) in [5.74, 6) is 0.243. The maximum Gasteiger partial charge on any atom is 0.272 e. The Morgan fingerprint density at radius 1 is 1.24 bits per heavy atom. The van der Waals surface area contributed by atoms with Gasteiger partial charge in [-0.3, -0.25) is 14.3 Å². The van der Waals surface area contributed by atoms with E-state index < -0.39 is 0 Å². The molecule has 0 radical (unpaired) electrons. The second-order valence-corrected chi connectivity index (χ2v) is 6.24. The topological polar surface area (TPSA) is 90.5 Å². The van der Waals surface area contributed by atoms with Crippen LogP contribution in [-0.2, 0) is 11.8 Å². The van der Waals surface area contributed by atoms with Crippen molar-refractivity contribution in [2.75, 3.05) is 20.2 Å². The number of carbonyl (C=O) groups is 2. The third-order valence-corrected chi connectivity index (χ3v) is 4.65.